The van der Waals surface area contributed by atoms with E-state index in [1.807, 2.05) is 20.0 Å². The van der Waals surface area contributed by atoms with Gasteiger partial charge in [0.05, 0.1) is 30.9 Å². The molecule has 0 aliphatic heterocycles. The zero-order valence-electron chi connectivity index (χ0n) is 14.8. The van der Waals surface area contributed by atoms with Gasteiger partial charge in [-0.15, -0.1) is 0 Å². The second-order valence-corrected chi connectivity index (χ2v) is 5.74. The van der Waals surface area contributed by atoms with Crippen LogP contribution < -0.4 is 10.6 Å². The first kappa shape index (κ1) is 20.0. The number of rotatable bonds is 8. The van der Waals surface area contributed by atoms with E-state index in [0.717, 1.165) is 12.8 Å². The van der Waals surface area contributed by atoms with Crippen molar-refractivity contribution in [1.82, 2.24) is 10.6 Å². The summed E-state index contributed by atoms with van der Waals surface area (Å²) in [6.07, 6.45) is 5.04. The largest absolute Gasteiger partial charge is 0.463 e. The molecule has 1 rings (SSSR count). The number of hydrogen-bond donors (Lipinski definition) is 2. The van der Waals surface area contributed by atoms with Crippen LogP contribution in [0.4, 0.5) is 0 Å². The van der Waals surface area contributed by atoms with Crippen molar-refractivity contribution in [2.75, 3.05) is 6.61 Å². The smallest absolute Gasteiger partial charge is 0.333 e. The molecule has 0 spiro atoms. The molecule has 0 fully saturated rings. The standard InChI is InChI=1S/C17H27N3O4/c1-5-13(6-2)24-15-9-12(17(22)23-7-3)8-14(19-10-18)16(15)20-11(4)21/h9,13-16,19H,5-8H2,1-4H3,(H,20,21)/t14-,15+,16+/m0/s1. The van der Waals surface area contributed by atoms with Crippen LogP contribution in [0.15, 0.2) is 11.6 Å². The number of hydrogen-bond acceptors (Lipinski definition) is 6. The molecule has 7 nitrogen and oxygen atoms in total. The van der Waals surface area contributed by atoms with E-state index < -0.39 is 24.2 Å². The molecule has 0 bridgehead atoms. The number of esters is 1. The molecule has 0 aromatic carbocycles. The van der Waals surface area contributed by atoms with Gasteiger partial charge in [-0.05, 0) is 25.8 Å². The van der Waals surface area contributed by atoms with Gasteiger partial charge in [0.15, 0.2) is 6.19 Å². The van der Waals surface area contributed by atoms with Gasteiger partial charge in [-0.2, -0.15) is 5.26 Å². The molecule has 1 aliphatic carbocycles. The van der Waals surface area contributed by atoms with Crippen LogP contribution in [0.25, 0.3) is 0 Å². The molecular formula is C17H27N3O4. The Morgan fingerprint density at radius 3 is 2.54 bits per heavy atom. The summed E-state index contributed by atoms with van der Waals surface area (Å²) in [5, 5.41) is 14.5. The van der Waals surface area contributed by atoms with Gasteiger partial charge in [0, 0.05) is 18.9 Å². The van der Waals surface area contributed by atoms with E-state index in [9.17, 15) is 9.59 Å². The van der Waals surface area contributed by atoms with Gasteiger partial charge in [0.2, 0.25) is 5.91 Å². The summed E-state index contributed by atoms with van der Waals surface area (Å²) < 4.78 is 11.2. The minimum atomic E-state index is -0.502. The summed E-state index contributed by atoms with van der Waals surface area (Å²) >= 11 is 0. The van der Waals surface area contributed by atoms with Gasteiger partial charge in [0.1, 0.15) is 0 Å². The summed E-state index contributed by atoms with van der Waals surface area (Å²) in [6.45, 7) is 7.48. The Balaban J connectivity index is 3.13. The molecule has 7 heteroatoms. The highest BCUT2D eigenvalue weighted by Crippen LogP contribution is 2.25. The Kier molecular flexibility index (Phi) is 8.27. The van der Waals surface area contributed by atoms with E-state index in [4.69, 9.17) is 14.7 Å². The molecular weight excluding hydrogens is 310 g/mol. The topological polar surface area (TPSA) is 100 Å². The highest BCUT2D eigenvalue weighted by atomic mass is 16.5. The second-order valence-electron chi connectivity index (χ2n) is 5.74. The third kappa shape index (κ3) is 5.53. The molecule has 1 aliphatic rings. The van der Waals surface area contributed by atoms with Crippen LogP contribution in [0.2, 0.25) is 0 Å². The molecule has 24 heavy (non-hydrogen) atoms. The van der Waals surface area contributed by atoms with Crippen LogP contribution >= 0.6 is 0 Å². The summed E-state index contributed by atoms with van der Waals surface area (Å²) in [6, 6.07) is -0.858. The highest BCUT2D eigenvalue weighted by molar-refractivity contribution is 5.89. The minimum Gasteiger partial charge on any atom is -0.463 e. The molecule has 0 aromatic rings. The number of nitrogens with zero attached hydrogens (tertiary/aromatic N) is 1. The fraction of sp³-hybridized carbons (Fsp3) is 0.706. The van der Waals surface area contributed by atoms with Crippen LogP contribution in [-0.4, -0.2) is 42.8 Å². The van der Waals surface area contributed by atoms with Crippen molar-refractivity contribution in [3.05, 3.63) is 11.6 Å². The minimum absolute atomic E-state index is 0.00629. The maximum absolute atomic E-state index is 12.1. The van der Waals surface area contributed by atoms with E-state index in [2.05, 4.69) is 10.6 Å². The van der Waals surface area contributed by atoms with E-state index in [-0.39, 0.29) is 18.6 Å². The Morgan fingerprint density at radius 2 is 2.04 bits per heavy atom. The predicted molar refractivity (Wildman–Crippen MR) is 88.7 cm³/mol. The summed E-state index contributed by atoms with van der Waals surface area (Å²) in [5.74, 6) is -0.627. The van der Waals surface area contributed by atoms with Crippen molar-refractivity contribution in [3.8, 4) is 6.19 Å². The molecule has 3 atom stereocenters. The molecule has 2 N–H and O–H groups in total. The molecule has 0 saturated carbocycles. The van der Waals surface area contributed by atoms with Gasteiger partial charge in [0.25, 0.3) is 0 Å². The average Bonchev–Trinajstić information content (AvgIpc) is 2.54. The van der Waals surface area contributed by atoms with E-state index in [0.29, 0.717) is 12.0 Å². The Hall–Kier alpha value is -2.07. The molecule has 1 amide bonds. The lowest BCUT2D eigenvalue weighted by Crippen LogP contribution is -2.57. The maximum atomic E-state index is 12.1. The first-order chi connectivity index (χ1) is 11.5. The number of carbonyl (C=O) groups excluding carboxylic acids is 2. The first-order valence-electron chi connectivity index (χ1n) is 8.41. The SMILES string of the molecule is CCOC(=O)C1=C[C@@H](OC(CC)CC)[C@H](NC(C)=O)[C@@H](NC#N)C1. The number of carbonyl (C=O) groups is 2. The summed E-state index contributed by atoms with van der Waals surface area (Å²) in [4.78, 5) is 23.7. The molecule has 0 unspecified atom stereocenters. The van der Waals surface area contributed by atoms with Crippen LogP contribution in [0, 0.1) is 11.5 Å². The Labute approximate surface area is 143 Å². The van der Waals surface area contributed by atoms with Crippen molar-refractivity contribution >= 4 is 11.9 Å². The monoisotopic (exact) mass is 337 g/mol. The fourth-order valence-corrected chi connectivity index (χ4v) is 2.81. The Bertz CT molecular complexity index is 508. The Morgan fingerprint density at radius 1 is 1.38 bits per heavy atom. The number of ether oxygens (including phenoxy) is 2. The van der Waals surface area contributed by atoms with Crippen LogP contribution in [0.1, 0.15) is 47.0 Å². The molecule has 0 aromatic heterocycles. The van der Waals surface area contributed by atoms with Gasteiger partial charge < -0.3 is 20.1 Å². The van der Waals surface area contributed by atoms with Crippen LogP contribution in [0.3, 0.4) is 0 Å². The first-order valence-corrected chi connectivity index (χ1v) is 8.41. The summed E-state index contributed by atoms with van der Waals surface area (Å²) in [5.41, 5.74) is 0.460. The van der Waals surface area contributed by atoms with Crippen molar-refractivity contribution in [2.45, 2.75) is 71.2 Å². The second kappa shape index (κ2) is 9.93. The molecule has 0 heterocycles. The van der Waals surface area contributed by atoms with Gasteiger partial charge in [-0.3, -0.25) is 4.79 Å². The van der Waals surface area contributed by atoms with Crippen molar-refractivity contribution in [1.29, 1.82) is 5.26 Å². The highest BCUT2D eigenvalue weighted by Gasteiger charge is 2.37. The number of amides is 1. The molecule has 0 saturated heterocycles. The van der Waals surface area contributed by atoms with Crippen molar-refractivity contribution in [2.24, 2.45) is 0 Å². The summed E-state index contributed by atoms with van der Waals surface area (Å²) in [7, 11) is 0. The quantitative estimate of drug-likeness (QED) is 0.394. The van der Waals surface area contributed by atoms with E-state index in [1.54, 1.807) is 13.0 Å². The fourth-order valence-electron chi connectivity index (χ4n) is 2.81. The molecule has 134 valence electrons. The zero-order valence-corrected chi connectivity index (χ0v) is 14.8. The lowest BCUT2D eigenvalue weighted by molar-refractivity contribution is -0.139. The maximum Gasteiger partial charge on any atom is 0.333 e. The average molecular weight is 337 g/mol. The van der Waals surface area contributed by atoms with Gasteiger partial charge in [-0.1, -0.05) is 13.8 Å². The zero-order chi connectivity index (χ0) is 18.1. The van der Waals surface area contributed by atoms with Crippen LogP contribution in [0.5, 0.6) is 0 Å². The normalized spacial score (nSPS) is 23.2. The molecule has 0 radical (unpaired) electrons. The van der Waals surface area contributed by atoms with E-state index >= 15 is 0 Å². The number of nitrogens with one attached hydrogen (secondary N) is 2. The third-order valence-corrected chi connectivity index (χ3v) is 4.01. The van der Waals surface area contributed by atoms with Crippen LogP contribution in [-0.2, 0) is 19.1 Å². The van der Waals surface area contributed by atoms with Crippen molar-refractivity contribution < 1.29 is 19.1 Å². The van der Waals surface area contributed by atoms with E-state index in [1.165, 1.54) is 6.92 Å². The lowest BCUT2D eigenvalue weighted by atomic mass is 9.87. The third-order valence-electron chi connectivity index (χ3n) is 4.01. The van der Waals surface area contributed by atoms with Gasteiger partial charge in [-0.25, -0.2) is 4.79 Å². The van der Waals surface area contributed by atoms with Crippen molar-refractivity contribution in [3.63, 3.8) is 0 Å². The number of nitriles is 1. The predicted octanol–water partition coefficient (Wildman–Crippen LogP) is 1.40. The lowest BCUT2D eigenvalue weighted by Gasteiger charge is -2.37. The van der Waals surface area contributed by atoms with Gasteiger partial charge >= 0.3 is 5.97 Å².